The van der Waals surface area contributed by atoms with E-state index in [9.17, 15) is 0 Å². The predicted molar refractivity (Wildman–Crippen MR) is 134 cm³/mol. The number of nitrogens with zero attached hydrogens (tertiary/aromatic N) is 2. The lowest BCUT2D eigenvalue weighted by Crippen LogP contribution is -2.49. The number of likely N-dealkylation sites (tertiary alicyclic amines) is 1. The Labute approximate surface area is 195 Å². The van der Waals surface area contributed by atoms with Crippen molar-refractivity contribution in [1.29, 1.82) is 0 Å². The Kier molecular flexibility index (Phi) is 11.5. The fourth-order valence-electron chi connectivity index (χ4n) is 3.76. The van der Waals surface area contributed by atoms with E-state index < -0.39 is 0 Å². The lowest BCUT2D eigenvalue weighted by molar-refractivity contribution is 0.0241. The second-order valence-corrected chi connectivity index (χ2v) is 8.85. The molecule has 6 heteroatoms. The Hall–Kier alpha value is -0.860. The van der Waals surface area contributed by atoms with E-state index in [1.165, 1.54) is 5.56 Å². The molecule has 1 fully saturated rings. The first-order valence-electron chi connectivity index (χ1n) is 10.7. The molecular formula is C23H41IN4O. The Bertz CT molecular complexity index is 595. The van der Waals surface area contributed by atoms with E-state index in [-0.39, 0.29) is 35.5 Å². The number of halogens is 1. The summed E-state index contributed by atoms with van der Waals surface area (Å²) >= 11 is 0. The fraction of sp³-hybridized carbons (Fsp3) is 0.696. The molecule has 2 N–H and O–H groups in total. The van der Waals surface area contributed by atoms with Gasteiger partial charge < -0.3 is 15.4 Å². The van der Waals surface area contributed by atoms with Crippen LogP contribution >= 0.6 is 24.0 Å². The van der Waals surface area contributed by atoms with E-state index in [1.54, 1.807) is 7.11 Å². The zero-order valence-corrected chi connectivity index (χ0v) is 21.4. The van der Waals surface area contributed by atoms with E-state index in [0.29, 0.717) is 18.6 Å². The number of nitrogens with one attached hydrogen (secondary N) is 2. The van der Waals surface area contributed by atoms with Crippen LogP contribution in [-0.2, 0) is 4.74 Å². The zero-order chi connectivity index (χ0) is 20.6. The van der Waals surface area contributed by atoms with Gasteiger partial charge in [0.05, 0.1) is 12.6 Å². The van der Waals surface area contributed by atoms with Gasteiger partial charge in [0.15, 0.2) is 5.96 Å². The topological polar surface area (TPSA) is 48.9 Å². The first-order chi connectivity index (χ1) is 13.3. The van der Waals surface area contributed by atoms with Gasteiger partial charge in [0.2, 0.25) is 0 Å². The number of ether oxygens (including phenoxy) is 1. The summed E-state index contributed by atoms with van der Waals surface area (Å²) in [4.78, 5) is 7.38. The molecule has 2 unspecified atom stereocenters. The highest BCUT2D eigenvalue weighted by atomic mass is 127. The summed E-state index contributed by atoms with van der Waals surface area (Å²) in [5.74, 6) is 0.906. The van der Waals surface area contributed by atoms with Gasteiger partial charge in [0.1, 0.15) is 0 Å². The molecule has 29 heavy (non-hydrogen) atoms. The van der Waals surface area contributed by atoms with Gasteiger partial charge in [0, 0.05) is 38.8 Å². The Morgan fingerprint density at radius 2 is 1.83 bits per heavy atom. The van der Waals surface area contributed by atoms with Crippen molar-refractivity contribution in [3.05, 3.63) is 35.9 Å². The number of hydrogen-bond donors (Lipinski definition) is 2. The zero-order valence-electron chi connectivity index (χ0n) is 19.1. The molecule has 5 nitrogen and oxygen atoms in total. The van der Waals surface area contributed by atoms with Gasteiger partial charge in [0.25, 0.3) is 0 Å². The summed E-state index contributed by atoms with van der Waals surface area (Å²) < 4.78 is 5.65. The normalized spacial score (nSPS) is 18.6. The quantitative estimate of drug-likeness (QED) is 0.320. The van der Waals surface area contributed by atoms with Gasteiger partial charge in [-0.1, -0.05) is 51.1 Å². The van der Waals surface area contributed by atoms with Gasteiger partial charge >= 0.3 is 0 Å². The molecule has 1 aromatic rings. The number of aliphatic imine (C=N–C) groups is 1. The third-order valence-corrected chi connectivity index (χ3v) is 5.71. The van der Waals surface area contributed by atoms with E-state index >= 15 is 0 Å². The van der Waals surface area contributed by atoms with Crippen molar-refractivity contribution in [3.63, 3.8) is 0 Å². The second-order valence-electron chi connectivity index (χ2n) is 8.85. The average molecular weight is 517 g/mol. The van der Waals surface area contributed by atoms with Crippen molar-refractivity contribution in [2.24, 2.45) is 10.4 Å². The monoisotopic (exact) mass is 516 g/mol. The van der Waals surface area contributed by atoms with Crippen LogP contribution in [0.3, 0.4) is 0 Å². The summed E-state index contributed by atoms with van der Waals surface area (Å²) in [6, 6.07) is 11.7. The lowest BCUT2D eigenvalue weighted by atomic mass is 9.89. The maximum Gasteiger partial charge on any atom is 0.191 e. The van der Waals surface area contributed by atoms with Crippen LogP contribution in [0.5, 0.6) is 0 Å². The summed E-state index contributed by atoms with van der Waals surface area (Å²) in [6.45, 7) is 14.8. The van der Waals surface area contributed by atoms with Crippen molar-refractivity contribution in [2.75, 3.05) is 33.3 Å². The van der Waals surface area contributed by atoms with Crippen LogP contribution in [0.1, 0.15) is 59.1 Å². The number of piperidine rings is 1. The van der Waals surface area contributed by atoms with E-state index in [2.05, 4.69) is 80.5 Å². The van der Waals surface area contributed by atoms with Crippen molar-refractivity contribution in [1.82, 2.24) is 15.5 Å². The summed E-state index contributed by atoms with van der Waals surface area (Å²) in [5, 5.41) is 7.03. The van der Waals surface area contributed by atoms with Crippen LogP contribution in [0.25, 0.3) is 0 Å². The summed E-state index contributed by atoms with van der Waals surface area (Å²) in [5.41, 5.74) is 1.48. The SMILES string of the molecule is CCNC(=NCC(OC)C(C)(C)C)NC1CCN(C(C)c2ccccc2)CC1.I. The molecule has 0 bridgehead atoms. The number of hydrogen-bond acceptors (Lipinski definition) is 3. The molecule has 1 saturated heterocycles. The number of rotatable bonds is 7. The molecule has 0 aliphatic carbocycles. The highest BCUT2D eigenvalue weighted by molar-refractivity contribution is 14.0. The first-order valence-corrected chi connectivity index (χ1v) is 10.7. The minimum atomic E-state index is 0. The van der Waals surface area contributed by atoms with Crippen molar-refractivity contribution in [2.45, 2.75) is 65.6 Å². The van der Waals surface area contributed by atoms with Gasteiger partial charge in [-0.25, -0.2) is 0 Å². The van der Waals surface area contributed by atoms with Crippen LogP contribution in [0.4, 0.5) is 0 Å². The van der Waals surface area contributed by atoms with Crippen LogP contribution in [0.15, 0.2) is 35.3 Å². The smallest absolute Gasteiger partial charge is 0.191 e. The van der Waals surface area contributed by atoms with Crippen LogP contribution in [-0.4, -0.2) is 56.3 Å². The molecule has 0 saturated carbocycles. The van der Waals surface area contributed by atoms with Crippen LogP contribution in [0.2, 0.25) is 0 Å². The third kappa shape index (κ3) is 8.42. The van der Waals surface area contributed by atoms with E-state index in [1.807, 2.05) is 0 Å². The third-order valence-electron chi connectivity index (χ3n) is 5.71. The molecule has 1 aliphatic rings. The van der Waals surface area contributed by atoms with Crippen LogP contribution in [0, 0.1) is 5.41 Å². The van der Waals surface area contributed by atoms with Crippen molar-refractivity contribution in [3.8, 4) is 0 Å². The first kappa shape index (κ1) is 26.2. The highest BCUT2D eigenvalue weighted by Gasteiger charge is 2.26. The average Bonchev–Trinajstić information content (AvgIpc) is 2.68. The van der Waals surface area contributed by atoms with Crippen LogP contribution < -0.4 is 10.6 Å². The van der Waals surface area contributed by atoms with Gasteiger partial charge in [-0.2, -0.15) is 0 Å². The fourth-order valence-corrected chi connectivity index (χ4v) is 3.76. The molecule has 166 valence electrons. The number of methoxy groups -OCH3 is 1. The summed E-state index contributed by atoms with van der Waals surface area (Å²) in [7, 11) is 1.77. The minimum absolute atomic E-state index is 0. The summed E-state index contributed by atoms with van der Waals surface area (Å²) in [6.07, 6.45) is 2.37. The Balaban J connectivity index is 0.00000420. The molecule has 2 atom stereocenters. The van der Waals surface area contributed by atoms with Crippen molar-refractivity contribution >= 4 is 29.9 Å². The largest absolute Gasteiger partial charge is 0.379 e. The molecule has 0 aromatic heterocycles. The van der Waals surface area contributed by atoms with Gasteiger partial charge in [-0.15, -0.1) is 24.0 Å². The van der Waals surface area contributed by atoms with E-state index in [0.717, 1.165) is 38.4 Å². The second kappa shape index (κ2) is 12.7. The lowest BCUT2D eigenvalue weighted by Gasteiger charge is -2.37. The highest BCUT2D eigenvalue weighted by Crippen LogP contribution is 2.24. The molecule has 0 amide bonds. The molecule has 1 aromatic carbocycles. The molecule has 0 radical (unpaired) electrons. The number of guanidine groups is 1. The molecule has 1 heterocycles. The van der Waals surface area contributed by atoms with E-state index in [4.69, 9.17) is 9.73 Å². The Morgan fingerprint density at radius 1 is 1.21 bits per heavy atom. The predicted octanol–water partition coefficient (Wildman–Crippen LogP) is 4.45. The molecule has 1 aliphatic heterocycles. The molecule has 0 spiro atoms. The van der Waals surface area contributed by atoms with Gasteiger partial charge in [-0.05, 0) is 37.7 Å². The maximum atomic E-state index is 5.65. The molecular weight excluding hydrogens is 475 g/mol. The standard InChI is InChI=1S/C23H40N4O.HI/c1-7-24-22(25-17-21(28-6)23(3,4)5)26-20-13-15-27(16-14-20)18(2)19-11-9-8-10-12-19;/h8-12,18,20-21H,7,13-17H2,1-6H3,(H2,24,25,26);1H. The van der Waals surface area contributed by atoms with Crippen molar-refractivity contribution < 1.29 is 4.74 Å². The minimum Gasteiger partial charge on any atom is -0.379 e. The van der Waals surface area contributed by atoms with Gasteiger partial charge in [-0.3, -0.25) is 9.89 Å². The Morgan fingerprint density at radius 3 is 2.34 bits per heavy atom. The maximum absolute atomic E-state index is 5.65. The molecule has 2 rings (SSSR count). The number of benzene rings is 1.